The molecule has 0 amide bonds. The van der Waals surface area contributed by atoms with Gasteiger partial charge in [-0.2, -0.15) is 0 Å². The van der Waals surface area contributed by atoms with E-state index in [-0.39, 0.29) is 0 Å². The van der Waals surface area contributed by atoms with E-state index in [2.05, 4.69) is 70.8 Å². The van der Waals surface area contributed by atoms with Gasteiger partial charge in [0.25, 0.3) is 0 Å². The Kier molecular flexibility index (Phi) is 8.32. The minimum absolute atomic E-state index is 0.690. The van der Waals surface area contributed by atoms with Crippen molar-refractivity contribution in [1.29, 1.82) is 0 Å². The number of anilines is 1. The van der Waals surface area contributed by atoms with E-state index < -0.39 is 0 Å². The molecule has 0 saturated carbocycles. The Balaban J connectivity index is 1.64. The zero-order valence-corrected chi connectivity index (χ0v) is 15.8. The largest absolute Gasteiger partial charge is 0.380 e. The number of ether oxygens (including phenoxy) is 1. The first-order chi connectivity index (χ1) is 12.2. The maximum atomic E-state index is 5.61. The molecule has 25 heavy (non-hydrogen) atoms. The van der Waals surface area contributed by atoms with E-state index in [0.29, 0.717) is 12.5 Å². The fraction of sp³-hybridized carbons (Fsp3) is 0.550. The van der Waals surface area contributed by atoms with Crippen molar-refractivity contribution in [3.8, 4) is 0 Å². The summed E-state index contributed by atoms with van der Waals surface area (Å²) in [4.78, 5) is 6.60. The van der Waals surface area contributed by atoms with Gasteiger partial charge < -0.3 is 20.3 Å². The molecule has 1 aliphatic rings. The molecule has 1 heterocycles. The van der Waals surface area contributed by atoms with Crippen LogP contribution < -0.4 is 15.5 Å². The molecule has 1 aromatic carbocycles. The summed E-state index contributed by atoms with van der Waals surface area (Å²) < 4.78 is 5.61. The van der Waals surface area contributed by atoms with Crippen LogP contribution in [0.4, 0.5) is 5.69 Å². The molecule has 2 rings (SSSR count). The molecular formula is C20H32N4O. The lowest BCUT2D eigenvalue weighted by atomic mass is 10.1. The normalized spacial score (nSPS) is 14.4. The number of aliphatic imine (C=N–C) groups is 1. The summed E-state index contributed by atoms with van der Waals surface area (Å²) >= 11 is 0. The van der Waals surface area contributed by atoms with Crippen molar-refractivity contribution in [3.05, 3.63) is 42.0 Å². The van der Waals surface area contributed by atoms with Crippen LogP contribution >= 0.6 is 0 Å². The van der Waals surface area contributed by atoms with Crippen LogP contribution in [0.3, 0.4) is 0 Å². The highest BCUT2D eigenvalue weighted by atomic mass is 16.5. The molecule has 0 fully saturated rings. The van der Waals surface area contributed by atoms with Gasteiger partial charge in [-0.05, 0) is 30.0 Å². The zero-order valence-electron chi connectivity index (χ0n) is 15.8. The third kappa shape index (κ3) is 7.18. The highest BCUT2D eigenvalue weighted by Crippen LogP contribution is 2.17. The van der Waals surface area contributed by atoms with E-state index in [4.69, 9.17) is 4.74 Å². The average Bonchev–Trinajstić information content (AvgIpc) is 3.15. The van der Waals surface area contributed by atoms with Gasteiger partial charge in [0.15, 0.2) is 5.96 Å². The van der Waals surface area contributed by atoms with Crippen molar-refractivity contribution in [2.45, 2.75) is 26.8 Å². The third-order valence-electron chi connectivity index (χ3n) is 4.18. The minimum Gasteiger partial charge on any atom is -0.380 e. The fourth-order valence-electron chi connectivity index (χ4n) is 2.58. The molecule has 5 nitrogen and oxygen atoms in total. The van der Waals surface area contributed by atoms with Crippen LogP contribution in [0.1, 0.15) is 25.8 Å². The average molecular weight is 345 g/mol. The molecule has 1 aromatic rings. The molecule has 0 unspecified atom stereocenters. The molecule has 2 N–H and O–H groups in total. The van der Waals surface area contributed by atoms with Gasteiger partial charge in [0.05, 0.1) is 6.61 Å². The molecular weight excluding hydrogens is 312 g/mol. The molecule has 0 aliphatic carbocycles. The SMILES string of the molecule is CN=C(NCCOCCC(C)C)NCc1ccc(N2CC=CC2)cc1. The number of nitrogens with one attached hydrogen (secondary N) is 2. The number of nitrogens with zero attached hydrogens (tertiary/aromatic N) is 2. The fourth-order valence-corrected chi connectivity index (χ4v) is 2.58. The second-order valence-electron chi connectivity index (χ2n) is 6.69. The molecule has 0 spiro atoms. The van der Waals surface area contributed by atoms with E-state index in [1.165, 1.54) is 11.3 Å². The number of rotatable bonds is 9. The van der Waals surface area contributed by atoms with E-state index in [1.54, 1.807) is 7.05 Å². The van der Waals surface area contributed by atoms with Crippen LogP contribution in [-0.4, -0.2) is 45.9 Å². The van der Waals surface area contributed by atoms with Gasteiger partial charge in [-0.3, -0.25) is 4.99 Å². The first-order valence-corrected chi connectivity index (χ1v) is 9.20. The van der Waals surface area contributed by atoms with Crippen LogP contribution in [0.15, 0.2) is 41.4 Å². The Morgan fingerprint density at radius 2 is 1.84 bits per heavy atom. The molecule has 1 aliphatic heterocycles. The van der Waals surface area contributed by atoms with Gasteiger partial charge in [0, 0.05) is 45.5 Å². The van der Waals surface area contributed by atoms with Crippen molar-refractivity contribution in [2.24, 2.45) is 10.9 Å². The summed E-state index contributed by atoms with van der Waals surface area (Å²) in [5.41, 5.74) is 2.52. The van der Waals surface area contributed by atoms with Crippen LogP contribution in [0.25, 0.3) is 0 Å². The molecule has 0 saturated heterocycles. The second kappa shape index (κ2) is 10.8. The smallest absolute Gasteiger partial charge is 0.191 e. The van der Waals surface area contributed by atoms with Crippen LogP contribution in [0.5, 0.6) is 0 Å². The van der Waals surface area contributed by atoms with Crippen LogP contribution in [0, 0.1) is 5.92 Å². The standard InChI is InChI=1S/C20H32N4O/c1-17(2)10-14-25-15-11-22-20(21-3)23-16-18-6-8-19(9-7-18)24-12-4-5-13-24/h4-9,17H,10-16H2,1-3H3,(H2,21,22,23). The molecule has 0 aromatic heterocycles. The lowest BCUT2D eigenvalue weighted by Gasteiger charge is -2.18. The minimum atomic E-state index is 0.690. The zero-order chi connectivity index (χ0) is 17.9. The Morgan fingerprint density at radius 1 is 1.12 bits per heavy atom. The Hall–Kier alpha value is -2.01. The molecule has 138 valence electrons. The van der Waals surface area contributed by atoms with E-state index in [0.717, 1.165) is 45.2 Å². The maximum absolute atomic E-state index is 5.61. The summed E-state index contributed by atoms with van der Waals surface area (Å²) in [6.45, 7) is 9.48. The van der Waals surface area contributed by atoms with Gasteiger partial charge in [-0.1, -0.05) is 38.1 Å². The lowest BCUT2D eigenvalue weighted by molar-refractivity contribution is 0.128. The summed E-state index contributed by atoms with van der Waals surface area (Å²) in [5, 5.41) is 6.62. The molecule has 0 atom stereocenters. The summed E-state index contributed by atoms with van der Waals surface area (Å²) in [7, 11) is 1.79. The number of guanidine groups is 1. The molecule has 5 heteroatoms. The van der Waals surface area contributed by atoms with Gasteiger partial charge in [0.2, 0.25) is 0 Å². The molecule has 0 bridgehead atoms. The van der Waals surface area contributed by atoms with Crippen molar-refractivity contribution in [2.75, 3.05) is 44.8 Å². The lowest BCUT2D eigenvalue weighted by Crippen LogP contribution is -2.38. The quantitative estimate of drug-likeness (QED) is 0.313. The number of hydrogen-bond acceptors (Lipinski definition) is 3. The summed E-state index contributed by atoms with van der Waals surface area (Å²) in [6.07, 6.45) is 5.52. The van der Waals surface area contributed by atoms with Crippen LogP contribution in [-0.2, 0) is 11.3 Å². The predicted octanol–water partition coefficient (Wildman–Crippen LogP) is 2.79. The van der Waals surface area contributed by atoms with Crippen molar-refractivity contribution in [3.63, 3.8) is 0 Å². The Bertz CT molecular complexity index is 543. The van der Waals surface area contributed by atoms with Gasteiger partial charge in [-0.15, -0.1) is 0 Å². The van der Waals surface area contributed by atoms with E-state index >= 15 is 0 Å². The van der Waals surface area contributed by atoms with Crippen molar-refractivity contribution >= 4 is 11.6 Å². The molecule has 0 radical (unpaired) electrons. The van der Waals surface area contributed by atoms with Gasteiger partial charge in [-0.25, -0.2) is 0 Å². The second-order valence-corrected chi connectivity index (χ2v) is 6.69. The maximum Gasteiger partial charge on any atom is 0.191 e. The van der Waals surface area contributed by atoms with Crippen LogP contribution in [0.2, 0.25) is 0 Å². The van der Waals surface area contributed by atoms with E-state index in [9.17, 15) is 0 Å². The number of benzene rings is 1. The van der Waals surface area contributed by atoms with Gasteiger partial charge in [0.1, 0.15) is 0 Å². The number of hydrogen-bond donors (Lipinski definition) is 2. The topological polar surface area (TPSA) is 48.9 Å². The predicted molar refractivity (Wildman–Crippen MR) is 106 cm³/mol. The van der Waals surface area contributed by atoms with Gasteiger partial charge >= 0.3 is 0 Å². The Labute approximate surface area is 152 Å². The Morgan fingerprint density at radius 3 is 2.48 bits per heavy atom. The van der Waals surface area contributed by atoms with Crippen molar-refractivity contribution in [1.82, 2.24) is 10.6 Å². The summed E-state index contributed by atoms with van der Waals surface area (Å²) in [6, 6.07) is 8.71. The first kappa shape index (κ1) is 19.3. The summed E-state index contributed by atoms with van der Waals surface area (Å²) in [5.74, 6) is 1.50. The van der Waals surface area contributed by atoms with E-state index in [1.807, 2.05) is 0 Å². The monoisotopic (exact) mass is 344 g/mol. The van der Waals surface area contributed by atoms with Crippen molar-refractivity contribution < 1.29 is 4.74 Å². The first-order valence-electron chi connectivity index (χ1n) is 9.20. The highest BCUT2D eigenvalue weighted by Gasteiger charge is 2.07. The highest BCUT2D eigenvalue weighted by molar-refractivity contribution is 5.79. The third-order valence-corrected chi connectivity index (χ3v) is 4.18.